The predicted molar refractivity (Wildman–Crippen MR) is 120 cm³/mol. The average Bonchev–Trinajstić information content (AvgIpc) is 2.67. The molecule has 24 heavy (non-hydrogen) atoms. The van der Waals surface area contributed by atoms with Crippen molar-refractivity contribution in [2.75, 3.05) is 12.4 Å². The van der Waals surface area contributed by atoms with Crippen LogP contribution in [0.15, 0.2) is 91.0 Å². The molecule has 0 N–H and O–H groups in total. The molecule has 0 radical (unpaired) electrons. The van der Waals surface area contributed by atoms with Crippen molar-refractivity contribution in [3.8, 4) is 0 Å². The molecule has 0 saturated heterocycles. The second-order valence-electron chi connectivity index (χ2n) is 5.72. The van der Waals surface area contributed by atoms with E-state index < -0.39 is 5.81 Å². The molecule has 0 aliphatic carbocycles. The van der Waals surface area contributed by atoms with Crippen molar-refractivity contribution in [1.82, 2.24) is 0 Å². The topological polar surface area (TPSA) is 0 Å². The molecule has 3 rings (SSSR count). The summed E-state index contributed by atoms with van der Waals surface area (Å²) in [6.07, 6.45) is 3.40. The minimum absolute atomic E-state index is 0. The Morgan fingerprint density at radius 2 is 0.917 bits per heavy atom. The van der Waals surface area contributed by atoms with Crippen LogP contribution in [0.1, 0.15) is 6.92 Å². The number of hydrogen-bond donors (Lipinski definition) is 0. The summed E-state index contributed by atoms with van der Waals surface area (Å²) in [6.45, 7) is 2.35. The molecule has 0 nitrogen and oxygen atoms in total. The molecule has 0 heterocycles. The van der Waals surface area contributed by atoms with Gasteiger partial charge in [0.25, 0.3) is 0 Å². The van der Waals surface area contributed by atoms with Crippen LogP contribution in [0.25, 0.3) is 0 Å². The van der Waals surface area contributed by atoms with Crippen LogP contribution in [0, 0.1) is 0 Å². The number of halogens is 1. The molecule has 0 bridgehead atoms. The van der Waals surface area contributed by atoms with E-state index in [4.69, 9.17) is 0 Å². The number of benzene rings is 3. The van der Waals surface area contributed by atoms with Crippen molar-refractivity contribution in [3.63, 3.8) is 0 Å². The number of hydrogen-bond acceptors (Lipinski definition) is 1. The van der Waals surface area contributed by atoms with Gasteiger partial charge in [-0.3, -0.25) is 0 Å². The molecule has 126 valence electrons. The van der Waals surface area contributed by atoms with E-state index in [1.165, 1.54) is 15.9 Å². The maximum atomic E-state index is 2.35. The Balaban J connectivity index is 0.00000208. The maximum absolute atomic E-state index is 2.51. The first-order valence-corrected chi connectivity index (χ1v) is 12.3. The summed E-state index contributed by atoms with van der Waals surface area (Å²) in [7, 11) is 0. The summed E-state index contributed by atoms with van der Waals surface area (Å²) >= 11 is 2.05. The molecule has 0 aromatic heterocycles. The SMILES string of the molecule is Br.CCP(SC)(c1ccccc1)(c1ccccc1)c1ccccc1. The number of rotatable bonds is 5. The standard InChI is InChI=1S/C21H23PS.BrH/c1-3-22(23-2,19-13-7-4-8-14-19,20-15-9-5-10-16-20)21-17-11-6-12-18-21;/h4-18H,3H2,1-2H3;1H. The molecule has 0 aliphatic rings. The second kappa shape index (κ2) is 7.87. The molecular formula is C21H24BrPS. The van der Waals surface area contributed by atoms with Gasteiger partial charge in [-0.2, -0.15) is 0 Å². The molecule has 3 aromatic rings. The summed E-state index contributed by atoms with van der Waals surface area (Å²) in [5.41, 5.74) is 0. The van der Waals surface area contributed by atoms with Crippen molar-refractivity contribution in [1.29, 1.82) is 0 Å². The third-order valence-corrected chi connectivity index (χ3v) is 16.2. The first kappa shape index (κ1) is 19.2. The molecule has 3 heteroatoms. The molecule has 0 unspecified atom stereocenters. The Labute approximate surface area is 160 Å². The normalized spacial score (nSPS) is 12.7. The van der Waals surface area contributed by atoms with Gasteiger partial charge in [-0.05, 0) is 0 Å². The zero-order valence-corrected chi connectivity index (χ0v) is 17.6. The van der Waals surface area contributed by atoms with Crippen molar-refractivity contribution < 1.29 is 0 Å². The fourth-order valence-corrected chi connectivity index (χ4v) is 12.7. The van der Waals surface area contributed by atoms with Gasteiger partial charge in [-0.25, -0.2) is 0 Å². The van der Waals surface area contributed by atoms with Crippen molar-refractivity contribution in [2.45, 2.75) is 6.92 Å². The van der Waals surface area contributed by atoms with Crippen LogP contribution in [0.2, 0.25) is 0 Å². The van der Waals surface area contributed by atoms with Gasteiger partial charge in [-0.1, -0.05) is 0 Å². The summed E-state index contributed by atoms with van der Waals surface area (Å²) in [4.78, 5) is 0. The van der Waals surface area contributed by atoms with Crippen LogP contribution < -0.4 is 15.9 Å². The van der Waals surface area contributed by atoms with Gasteiger partial charge < -0.3 is 0 Å². The first-order chi connectivity index (χ1) is 11.3. The van der Waals surface area contributed by atoms with Crippen LogP contribution in [0.3, 0.4) is 0 Å². The summed E-state index contributed by atoms with van der Waals surface area (Å²) in [5.74, 6) is -2.51. The van der Waals surface area contributed by atoms with Crippen molar-refractivity contribution in [2.24, 2.45) is 0 Å². The van der Waals surface area contributed by atoms with Gasteiger partial charge in [0.1, 0.15) is 0 Å². The summed E-state index contributed by atoms with van der Waals surface area (Å²) in [5, 5.41) is 4.39. The van der Waals surface area contributed by atoms with E-state index in [0.29, 0.717) is 0 Å². The van der Waals surface area contributed by atoms with Crippen LogP contribution in [-0.2, 0) is 0 Å². The Hall–Kier alpha value is -1.08. The molecule has 0 amide bonds. The third kappa shape index (κ3) is 2.75. The van der Waals surface area contributed by atoms with E-state index in [9.17, 15) is 0 Å². The quantitative estimate of drug-likeness (QED) is 0.500. The van der Waals surface area contributed by atoms with Gasteiger partial charge in [0.05, 0.1) is 0 Å². The van der Waals surface area contributed by atoms with Crippen LogP contribution in [0.4, 0.5) is 0 Å². The van der Waals surface area contributed by atoms with Gasteiger partial charge in [0.15, 0.2) is 0 Å². The van der Waals surface area contributed by atoms with E-state index >= 15 is 0 Å². The predicted octanol–water partition coefficient (Wildman–Crippen LogP) is 5.39. The van der Waals surface area contributed by atoms with Gasteiger partial charge >= 0.3 is 143 Å². The van der Waals surface area contributed by atoms with Gasteiger partial charge in [0.2, 0.25) is 0 Å². The average molecular weight is 419 g/mol. The fourth-order valence-electron chi connectivity index (χ4n) is 3.67. The molecular weight excluding hydrogens is 395 g/mol. The molecule has 0 saturated carbocycles. The second-order valence-corrected chi connectivity index (χ2v) is 14.2. The first-order valence-electron chi connectivity index (χ1n) is 8.02. The Morgan fingerprint density at radius 3 is 1.12 bits per heavy atom. The molecule has 0 fully saturated rings. The van der Waals surface area contributed by atoms with Crippen LogP contribution >= 0.6 is 34.2 Å². The van der Waals surface area contributed by atoms with Gasteiger partial charge in [0, 0.05) is 0 Å². The Bertz CT molecular complexity index is 652. The van der Waals surface area contributed by atoms with E-state index in [-0.39, 0.29) is 17.0 Å². The third-order valence-electron chi connectivity index (χ3n) is 4.91. The van der Waals surface area contributed by atoms with E-state index in [0.717, 1.165) is 6.16 Å². The molecule has 0 atom stereocenters. The van der Waals surface area contributed by atoms with E-state index in [1.54, 1.807) is 0 Å². The zero-order chi connectivity index (χ0) is 16.2. The van der Waals surface area contributed by atoms with E-state index in [1.807, 2.05) is 0 Å². The minimum atomic E-state index is -2.51. The molecule has 0 spiro atoms. The van der Waals surface area contributed by atoms with Crippen molar-refractivity contribution >= 4 is 50.1 Å². The Kier molecular flexibility index (Phi) is 6.31. The monoisotopic (exact) mass is 418 g/mol. The van der Waals surface area contributed by atoms with Crippen LogP contribution in [-0.4, -0.2) is 12.4 Å². The van der Waals surface area contributed by atoms with Crippen LogP contribution in [0.5, 0.6) is 0 Å². The van der Waals surface area contributed by atoms with E-state index in [2.05, 4.69) is 116 Å². The zero-order valence-electron chi connectivity index (χ0n) is 14.1. The summed E-state index contributed by atoms with van der Waals surface area (Å²) in [6, 6.07) is 33.3. The van der Waals surface area contributed by atoms with Gasteiger partial charge in [-0.15, -0.1) is 17.0 Å². The van der Waals surface area contributed by atoms with Crippen molar-refractivity contribution in [3.05, 3.63) is 91.0 Å². The molecule has 0 aliphatic heterocycles. The Morgan fingerprint density at radius 1 is 0.625 bits per heavy atom. The summed E-state index contributed by atoms with van der Waals surface area (Å²) < 4.78 is 0. The fraction of sp³-hybridized carbons (Fsp3) is 0.143. The molecule has 3 aromatic carbocycles.